The van der Waals surface area contributed by atoms with E-state index in [1.807, 2.05) is 12.1 Å². The number of hydrogen-bond acceptors (Lipinski definition) is 8. The molecular weight excluding hydrogens is 376 g/mol. The van der Waals surface area contributed by atoms with E-state index >= 15 is 0 Å². The van der Waals surface area contributed by atoms with Crippen LogP contribution in [0.15, 0.2) is 41.2 Å². The van der Waals surface area contributed by atoms with Crippen LogP contribution in [0.5, 0.6) is 17.2 Å². The van der Waals surface area contributed by atoms with Crippen LogP contribution in [0.25, 0.3) is 11.4 Å². The number of ether oxygens (including phenoxy) is 3. The lowest BCUT2D eigenvalue weighted by molar-refractivity contribution is 0.0568. The van der Waals surface area contributed by atoms with E-state index in [4.69, 9.17) is 18.7 Å². The van der Waals surface area contributed by atoms with Gasteiger partial charge in [0.05, 0.1) is 27.2 Å². The topological polar surface area (TPSA) is 99.8 Å². The second-order valence-corrected chi connectivity index (χ2v) is 6.51. The van der Waals surface area contributed by atoms with E-state index in [1.165, 1.54) is 21.3 Å². The highest BCUT2D eigenvalue weighted by atomic mass is 16.5. The third kappa shape index (κ3) is 3.46. The number of pyridine rings is 1. The fourth-order valence-corrected chi connectivity index (χ4v) is 3.21. The summed E-state index contributed by atoms with van der Waals surface area (Å²) in [5, 5.41) is 4.02. The van der Waals surface area contributed by atoms with Crippen LogP contribution in [0.2, 0.25) is 0 Å². The number of nitrogens with zero attached hydrogens (tertiary/aromatic N) is 4. The van der Waals surface area contributed by atoms with Crippen molar-refractivity contribution in [1.29, 1.82) is 0 Å². The number of carbonyl (C=O) groups is 1. The molecule has 1 aliphatic rings. The van der Waals surface area contributed by atoms with E-state index in [-0.39, 0.29) is 11.8 Å². The number of likely N-dealkylation sites (tertiary alicyclic amines) is 1. The van der Waals surface area contributed by atoms with Crippen molar-refractivity contribution in [3.63, 3.8) is 0 Å². The monoisotopic (exact) mass is 396 g/mol. The molecule has 0 spiro atoms. The zero-order valence-electron chi connectivity index (χ0n) is 16.3. The minimum atomic E-state index is -0.130. The van der Waals surface area contributed by atoms with Crippen molar-refractivity contribution in [2.75, 3.05) is 34.4 Å². The number of carbonyl (C=O) groups excluding carboxylic acids is 1. The van der Waals surface area contributed by atoms with E-state index in [2.05, 4.69) is 15.1 Å². The van der Waals surface area contributed by atoms with E-state index in [9.17, 15) is 4.79 Å². The van der Waals surface area contributed by atoms with Gasteiger partial charge in [-0.15, -0.1) is 0 Å². The van der Waals surface area contributed by atoms with Crippen LogP contribution in [0.1, 0.15) is 22.2 Å². The quantitative estimate of drug-likeness (QED) is 0.626. The summed E-state index contributed by atoms with van der Waals surface area (Å²) in [4.78, 5) is 23.0. The lowest BCUT2D eigenvalue weighted by atomic mass is 9.98. The summed E-state index contributed by atoms with van der Waals surface area (Å²) in [6, 6.07) is 6.92. The molecule has 0 saturated carbocycles. The van der Waals surface area contributed by atoms with Crippen LogP contribution in [0.4, 0.5) is 0 Å². The maximum absolute atomic E-state index is 12.9. The highest BCUT2D eigenvalue weighted by Gasteiger charge is 2.36. The first-order chi connectivity index (χ1) is 14.1. The average Bonchev–Trinajstić information content (AvgIpc) is 3.21. The van der Waals surface area contributed by atoms with Gasteiger partial charge in [-0.05, 0) is 24.3 Å². The largest absolute Gasteiger partial charge is 0.493 e. The summed E-state index contributed by atoms with van der Waals surface area (Å²) in [7, 11) is 4.55. The minimum absolute atomic E-state index is 0.00377. The van der Waals surface area contributed by atoms with E-state index in [1.54, 1.807) is 29.4 Å². The Morgan fingerprint density at radius 1 is 1.07 bits per heavy atom. The molecule has 4 rings (SSSR count). The van der Waals surface area contributed by atoms with Gasteiger partial charge in [0.1, 0.15) is 0 Å². The molecule has 29 heavy (non-hydrogen) atoms. The molecule has 1 fully saturated rings. The molecule has 9 nitrogen and oxygen atoms in total. The fraction of sp³-hybridized carbons (Fsp3) is 0.300. The van der Waals surface area contributed by atoms with Gasteiger partial charge in [0.15, 0.2) is 11.5 Å². The predicted molar refractivity (Wildman–Crippen MR) is 102 cm³/mol. The van der Waals surface area contributed by atoms with Crippen LogP contribution < -0.4 is 14.2 Å². The molecule has 9 heteroatoms. The van der Waals surface area contributed by atoms with Crippen molar-refractivity contribution in [2.24, 2.45) is 0 Å². The molecule has 0 unspecified atom stereocenters. The second-order valence-electron chi connectivity index (χ2n) is 6.51. The Bertz CT molecular complexity index is 990. The molecule has 0 atom stereocenters. The van der Waals surface area contributed by atoms with Crippen molar-refractivity contribution in [1.82, 2.24) is 20.0 Å². The molecule has 2 aromatic heterocycles. The molecule has 3 aromatic rings. The maximum atomic E-state index is 12.9. The van der Waals surface area contributed by atoms with Gasteiger partial charge in [0.2, 0.25) is 17.5 Å². The van der Waals surface area contributed by atoms with Gasteiger partial charge in [-0.25, -0.2) is 0 Å². The van der Waals surface area contributed by atoms with E-state index in [0.29, 0.717) is 47.6 Å². The highest BCUT2D eigenvalue weighted by molar-refractivity contribution is 5.96. The number of hydrogen-bond donors (Lipinski definition) is 0. The van der Waals surface area contributed by atoms with Gasteiger partial charge in [-0.2, -0.15) is 4.98 Å². The highest BCUT2D eigenvalue weighted by Crippen LogP contribution is 2.39. The minimum Gasteiger partial charge on any atom is -0.493 e. The van der Waals surface area contributed by atoms with Crippen LogP contribution in [-0.2, 0) is 0 Å². The Kier molecular flexibility index (Phi) is 5.03. The Morgan fingerprint density at radius 3 is 2.31 bits per heavy atom. The van der Waals surface area contributed by atoms with Crippen molar-refractivity contribution in [3.8, 4) is 28.6 Å². The molecular formula is C20H20N4O5. The van der Waals surface area contributed by atoms with Crippen molar-refractivity contribution < 1.29 is 23.5 Å². The van der Waals surface area contributed by atoms with Gasteiger partial charge >= 0.3 is 0 Å². The molecule has 1 aliphatic heterocycles. The number of aromatic nitrogens is 3. The Hall–Kier alpha value is -3.62. The Labute approximate surface area is 167 Å². The molecule has 0 bridgehead atoms. The second kappa shape index (κ2) is 7.78. The summed E-state index contributed by atoms with van der Waals surface area (Å²) in [6.45, 7) is 0.987. The molecule has 150 valence electrons. The summed E-state index contributed by atoms with van der Waals surface area (Å²) >= 11 is 0. The molecule has 0 aliphatic carbocycles. The number of amides is 1. The molecule has 1 amide bonds. The van der Waals surface area contributed by atoms with Crippen LogP contribution in [0.3, 0.4) is 0 Å². The summed E-state index contributed by atoms with van der Waals surface area (Å²) in [5.41, 5.74) is 1.29. The van der Waals surface area contributed by atoms with Gasteiger partial charge in [-0.3, -0.25) is 9.78 Å². The lowest BCUT2D eigenvalue weighted by Gasteiger charge is -2.37. The normalized spacial score (nSPS) is 13.7. The first-order valence-electron chi connectivity index (χ1n) is 8.98. The number of methoxy groups -OCH3 is 3. The molecule has 0 radical (unpaired) electrons. The van der Waals surface area contributed by atoms with Crippen LogP contribution in [-0.4, -0.2) is 60.4 Å². The van der Waals surface area contributed by atoms with Crippen LogP contribution >= 0.6 is 0 Å². The van der Waals surface area contributed by atoms with Crippen molar-refractivity contribution >= 4 is 5.91 Å². The van der Waals surface area contributed by atoms with Gasteiger partial charge in [0, 0.05) is 36.6 Å². The van der Waals surface area contributed by atoms with Crippen molar-refractivity contribution in [3.05, 3.63) is 48.1 Å². The smallest absolute Gasteiger partial charge is 0.254 e. The van der Waals surface area contributed by atoms with Crippen LogP contribution in [0, 0.1) is 0 Å². The maximum Gasteiger partial charge on any atom is 0.254 e. The van der Waals surface area contributed by atoms with Gasteiger partial charge in [-0.1, -0.05) is 5.16 Å². The summed E-state index contributed by atoms with van der Waals surface area (Å²) in [6.07, 6.45) is 3.35. The number of benzene rings is 1. The van der Waals surface area contributed by atoms with E-state index < -0.39 is 0 Å². The van der Waals surface area contributed by atoms with Crippen molar-refractivity contribution in [2.45, 2.75) is 5.92 Å². The lowest BCUT2D eigenvalue weighted by Crippen LogP contribution is -2.48. The molecule has 1 aromatic carbocycles. The standard InChI is InChI=1S/C20H20N4O5/c1-26-15-8-13(9-16(27-2)17(15)28-3)20(25)24-10-14(11-24)19-22-18(23-29-19)12-4-6-21-7-5-12/h4-9,14H,10-11H2,1-3H3. The fourth-order valence-electron chi connectivity index (χ4n) is 3.21. The zero-order valence-corrected chi connectivity index (χ0v) is 16.3. The Balaban J connectivity index is 1.46. The first kappa shape index (κ1) is 18.7. The third-order valence-electron chi connectivity index (χ3n) is 4.81. The van der Waals surface area contributed by atoms with E-state index in [0.717, 1.165) is 5.56 Å². The van der Waals surface area contributed by atoms with Gasteiger partial charge < -0.3 is 23.6 Å². The SMILES string of the molecule is COc1cc(C(=O)N2CC(c3nc(-c4ccncc4)no3)C2)cc(OC)c1OC. The molecule has 0 N–H and O–H groups in total. The molecule has 1 saturated heterocycles. The summed E-state index contributed by atoms with van der Waals surface area (Å²) in [5.74, 6) is 2.22. The third-order valence-corrected chi connectivity index (χ3v) is 4.81. The van der Waals surface area contributed by atoms with Gasteiger partial charge in [0.25, 0.3) is 5.91 Å². The number of rotatable bonds is 6. The average molecular weight is 396 g/mol. The Morgan fingerprint density at radius 2 is 1.72 bits per heavy atom. The first-order valence-corrected chi connectivity index (χ1v) is 8.98. The zero-order chi connectivity index (χ0) is 20.4. The molecule has 3 heterocycles. The summed E-state index contributed by atoms with van der Waals surface area (Å²) < 4.78 is 21.3. The predicted octanol–water partition coefficient (Wildman–Crippen LogP) is 2.40.